The van der Waals surface area contributed by atoms with Crippen molar-refractivity contribution in [3.63, 3.8) is 0 Å². The Hall–Kier alpha value is -2.78. The number of carbonyl (C=O) groups excluding carboxylic acids is 2. The van der Waals surface area contributed by atoms with Crippen molar-refractivity contribution in [2.75, 3.05) is 6.54 Å². The van der Waals surface area contributed by atoms with Gasteiger partial charge in [0.15, 0.2) is 0 Å². The minimum absolute atomic E-state index is 0.164. The van der Waals surface area contributed by atoms with Gasteiger partial charge in [-0.25, -0.2) is 4.79 Å². The lowest BCUT2D eigenvalue weighted by Gasteiger charge is -2.18. The number of hydrogen-bond donors (Lipinski definition) is 2. The monoisotopic (exact) mass is 405 g/mol. The second-order valence-corrected chi connectivity index (χ2v) is 6.38. The van der Waals surface area contributed by atoms with Crippen LogP contribution >= 0.6 is 0 Å². The zero-order chi connectivity index (χ0) is 21.5. The Morgan fingerprint density at radius 2 is 1.79 bits per heavy atom. The van der Waals surface area contributed by atoms with Gasteiger partial charge in [-0.05, 0) is 18.1 Å². The fourth-order valence-corrected chi connectivity index (χ4v) is 2.13. The van der Waals surface area contributed by atoms with Gasteiger partial charge >= 0.3 is 24.2 Å². The maximum absolute atomic E-state index is 12.8. The molecule has 0 bridgehead atoms. The molecular weight excluding hydrogens is 383 g/mol. The summed E-state index contributed by atoms with van der Waals surface area (Å²) in [6, 6.07) is 4.30. The topological polar surface area (TPSA) is 102 Å². The van der Waals surface area contributed by atoms with Crippen LogP contribution in [0.25, 0.3) is 0 Å². The summed E-state index contributed by atoms with van der Waals surface area (Å²) in [5.74, 6) is -3.47. The number of alkyl halides is 3. The minimum Gasteiger partial charge on any atom is -0.481 e. The SMILES string of the molecule is CC(C)C(=O)O[C@@H](C)OC(=O)NC[C@H](Cc1cccc(C(F)(F)F)c1)C(=O)O. The normalized spacial score (nSPS) is 13.5. The van der Waals surface area contributed by atoms with Gasteiger partial charge in [0, 0.05) is 13.5 Å². The van der Waals surface area contributed by atoms with Crippen LogP contribution in [0.3, 0.4) is 0 Å². The van der Waals surface area contributed by atoms with E-state index in [2.05, 4.69) is 5.32 Å². The fraction of sp³-hybridized carbons (Fsp3) is 0.500. The van der Waals surface area contributed by atoms with Gasteiger partial charge in [0.25, 0.3) is 0 Å². The quantitative estimate of drug-likeness (QED) is 0.509. The van der Waals surface area contributed by atoms with E-state index in [1.54, 1.807) is 13.8 Å². The Morgan fingerprint density at radius 1 is 1.14 bits per heavy atom. The molecule has 2 atom stereocenters. The van der Waals surface area contributed by atoms with E-state index in [4.69, 9.17) is 9.47 Å². The van der Waals surface area contributed by atoms with Crippen LogP contribution in [-0.2, 0) is 31.7 Å². The highest BCUT2D eigenvalue weighted by Crippen LogP contribution is 2.30. The van der Waals surface area contributed by atoms with Crippen molar-refractivity contribution in [1.29, 1.82) is 0 Å². The number of ether oxygens (including phenoxy) is 2. The van der Waals surface area contributed by atoms with Crippen molar-refractivity contribution in [2.45, 2.75) is 39.7 Å². The van der Waals surface area contributed by atoms with Crippen molar-refractivity contribution in [3.8, 4) is 0 Å². The van der Waals surface area contributed by atoms with E-state index < -0.39 is 47.9 Å². The van der Waals surface area contributed by atoms with E-state index in [0.717, 1.165) is 12.1 Å². The number of amides is 1. The number of benzene rings is 1. The largest absolute Gasteiger partial charge is 0.481 e. The molecule has 10 heteroatoms. The first-order valence-corrected chi connectivity index (χ1v) is 8.44. The standard InChI is InChI=1S/C18H22F3NO6/c1-10(2)16(25)27-11(3)28-17(26)22-9-13(15(23)24)7-12-5-4-6-14(8-12)18(19,20)21/h4-6,8,10-11,13H,7,9H2,1-3H3,(H,22,26)(H,23,24)/t11-,13+/m1/s1. The Morgan fingerprint density at radius 3 is 2.32 bits per heavy atom. The molecule has 0 unspecified atom stereocenters. The van der Waals surface area contributed by atoms with Crippen LogP contribution < -0.4 is 5.32 Å². The van der Waals surface area contributed by atoms with E-state index in [-0.39, 0.29) is 18.5 Å². The smallest absolute Gasteiger partial charge is 0.416 e. The van der Waals surface area contributed by atoms with Crippen LogP contribution in [0.4, 0.5) is 18.0 Å². The molecule has 0 radical (unpaired) electrons. The molecule has 1 amide bonds. The van der Waals surface area contributed by atoms with Crippen LogP contribution in [-0.4, -0.2) is 36.0 Å². The summed E-state index contributed by atoms with van der Waals surface area (Å²) in [6.07, 6.45) is -6.96. The average molecular weight is 405 g/mol. The minimum atomic E-state index is -4.54. The Bertz CT molecular complexity index is 705. The highest BCUT2D eigenvalue weighted by atomic mass is 19.4. The Balaban J connectivity index is 2.63. The second kappa shape index (κ2) is 9.95. The number of esters is 1. The van der Waals surface area contributed by atoms with E-state index in [0.29, 0.717) is 0 Å². The number of hydrogen-bond acceptors (Lipinski definition) is 5. The lowest BCUT2D eigenvalue weighted by atomic mass is 9.98. The summed E-state index contributed by atoms with van der Waals surface area (Å²) in [4.78, 5) is 34.5. The molecule has 0 saturated heterocycles. The Labute approximate surface area is 159 Å². The lowest BCUT2D eigenvalue weighted by molar-refractivity contribution is -0.168. The zero-order valence-electron chi connectivity index (χ0n) is 15.6. The fourth-order valence-electron chi connectivity index (χ4n) is 2.13. The summed E-state index contributed by atoms with van der Waals surface area (Å²) in [5.41, 5.74) is -0.723. The van der Waals surface area contributed by atoms with Crippen molar-refractivity contribution in [1.82, 2.24) is 5.32 Å². The van der Waals surface area contributed by atoms with Crippen molar-refractivity contribution in [2.24, 2.45) is 11.8 Å². The van der Waals surface area contributed by atoms with Gasteiger partial charge in [-0.1, -0.05) is 32.0 Å². The van der Waals surface area contributed by atoms with Crippen molar-refractivity contribution in [3.05, 3.63) is 35.4 Å². The number of alkyl carbamates (subject to hydrolysis) is 1. The molecule has 0 spiro atoms. The molecule has 0 heterocycles. The van der Waals surface area contributed by atoms with Crippen molar-refractivity contribution < 1.29 is 42.1 Å². The molecule has 0 aliphatic carbocycles. The number of rotatable bonds is 8. The van der Waals surface area contributed by atoms with Gasteiger partial charge in [-0.3, -0.25) is 9.59 Å². The molecule has 0 fully saturated rings. The van der Waals surface area contributed by atoms with Gasteiger partial charge in [-0.15, -0.1) is 0 Å². The first kappa shape index (κ1) is 23.3. The van der Waals surface area contributed by atoms with E-state index >= 15 is 0 Å². The molecule has 1 aromatic carbocycles. The molecule has 0 aromatic heterocycles. The molecule has 0 aliphatic heterocycles. The average Bonchev–Trinajstić information content (AvgIpc) is 2.57. The lowest BCUT2D eigenvalue weighted by Crippen LogP contribution is -2.36. The molecule has 0 aliphatic rings. The highest BCUT2D eigenvalue weighted by molar-refractivity contribution is 5.73. The molecular formula is C18H22F3NO6. The van der Waals surface area contributed by atoms with Crippen LogP contribution in [0.1, 0.15) is 31.9 Å². The van der Waals surface area contributed by atoms with E-state index in [1.807, 2.05) is 0 Å². The third-order valence-electron chi connectivity index (χ3n) is 3.60. The summed E-state index contributed by atoms with van der Waals surface area (Å²) < 4.78 is 47.9. The number of nitrogens with one attached hydrogen (secondary N) is 1. The molecule has 1 rings (SSSR count). The predicted octanol–water partition coefficient (Wildman–Crippen LogP) is 3.22. The van der Waals surface area contributed by atoms with E-state index in [9.17, 15) is 32.7 Å². The van der Waals surface area contributed by atoms with Gasteiger partial charge < -0.3 is 19.9 Å². The number of carboxylic acids is 1. The summed E-state index contributed by atoms with van der Waals surface area (Å²) >= 11 is 0. The van der Waals surface area contributed by atoms with Crippen LogP contribution in [0, 0.1) is 11.8 Å². The highest BCUT2D eigenvalue weighted by Gasteiger charge is 2.31. The maximum Gasteiger partial charge on any atom is 0.416 e. The first-order chi connectivity index (χ1) is 12.9. The number of carbonyl (C=O) groups is 3. The number of aliphatic carboxylic acids is 1. The number of carboxylic acid groups (broad SMARTS) is 1. The Kier molecular flexibility index (Phi) is 8.27. The van der Waals surface area contributed by atoms with Gasteiger partial charge in [0.1, 0.15) is 0 Å². The van der Waals surface area contributed by atoms with Crippen molar-refractivity contribution >= 4 is 18.0 Å². The first-order valence-electron chi connectivity index (χ1n) is 8.44. The van der Waals surface area contributed by atoms with Gasteiger partial charge in [-0.2, -0.15) is 13.2 Å². The molecule has 0 saturated carbocycles. The van der Waals surface area contributed by atoms with Crippen LogP contribution in [0.5, 0.6) is 0 Å². The molecule has 28 heavy (non-hydrogen) atoms. The third kappa shape index (κ3) is 7.85. The maximum atomic E-state index is 12.8. The summed E-state index contributed by atoms with van der Waals surface area (Å²) in [7, 11) is 0. The molecule has 1 aromatic rings. The molecule has 7 nitrogen and oxygen atoms in total. The predicted molar refractivity (Wildman–Crippen MR) is 91.1 cm³/mol. The number of halogens is 3. The van der Waals surface area contributed by atoms with Crippen LogP contribution in [0.15, 0.2) is 24.3 Å². The van der Waals surface area contributed by atoms with Gasteiger partial charge in [0.05, 0.1) is 17.4 Å². The summed E-state index contributed by atoms with van der Waals surface area (Å²) in [5, 5.41) is 11.5. The van der Waals surface area contributed by atoms with E-state index in [1.165, 1.54) is 19.1 Å². The van der Waals surface area contributed by atoms with Gasteiger partial charge in [0.2, 0.25) is 6.29 Å². The molecule has 2 N–H and O–H groups in total. The molecule has 156 valence electrons. The zero-order valence-corrected chi connectivity index (χ0v) is 15.6. The second-order valence-electron chi connectivity index (χ2n) is 6.38. The third-order valence-corrected chi connectivity index (χ3v) is 3.60. The summed E-state index contributed by atoms with van der Waals surface area (Å²) in [6.45, 7) is 4.13. The van der Waals surface area contributed by atoms with Crippen LogP contribution in [0.2, 0.25) is 0 Å².